The van der Waals surface area contributed by atoms with Gasteiger partial charge in [0.25, 0.3) is 0 Å². The van der Waals surface area contributed by atoms with Crippen LogP contribution in [-0.4, -0.2) is 47.9 Å². The fraction of sp³-hybridized carbons (Fsp3) is 0.324. The monoisotopic (exact) mass is 815 g/mol. The van der Waals surface area contributed by atoms with Gasteiger partial charge >= 0.3 is 284 Å². The molecular formula is C37H40ClHgNO5. The number of halogens is 1. The number of ether oxygens (including phenoxy) is 4. The van der Waals surface area contributed by atoms with E-state index in [1.165, 1.54) is 0 Å². The summed E-state index contributed by atoms with van der Waals surface area (Å²) in [6.07, 6.45) is -1.70. The Morgan fingerprint density at radius 2 is 1.16 bits per heavy atom. The Morgan fingerprint density at radius 1 is 0.689 bits per heavy atom. The molecule has 4 aromatic rings. The maximum absolute atomic E-state index is 13.4. The van der Waals surface area contributed by atoms with Crippen molar-refractivity contribution >= 4 is 14.2 Å². The number of hydrogen-bond donors (Lipinski definition) is 0. The molecule has 1 amide bonds. The van der Waals surface area contributed by atoms with Gasteiger partial charge in [-0.2, -0.15) is 0 Å². The molecule has 0 N–H and O–H groups in total. The number of carbonyl (C=O) groups excluding carboxylic acids is 1. The molecule has 5 atom stereocenters. The Balaban J connectivity index is 1.49. The SMILES string of the molecule is CC(=O)N(Cc1ccccc1)[C@@H]1[C@@H](OCc2ccccc2)[C@H](OCc2ccccc2)[C@@H](COCc2ccccc2)O[C@@H]1[CH2][Hg][Cl]. The number of benzene rings is 4. The number of hydrogen-bond acceptors (Lipinski definition) is 5. The predicted octanol–water partition coefficient (Wildman–Crippen LogP) is 7.21. The molecule has 45 heavy (non-hydrogen) atoms. The van der Waals surface area contributed by atoms with Crippen molar-refractivity contribution in [2.24, 2.45) is 0 Å². The molecule has 0 aromatic heterocycles. The van der Waals surface area contributed by atoms with E-state index in [9.17, 15) is 4.79 Å². The average Bonchev–Trinajstić information content (AvgIpc) is 3.08. The van der Waals surface area contributed by atoms with Gasteiger partial charge in [0, 0.05) is 0 Å². The van der Waals surface area contributed by atoms with E-state index in [1.807, 2.05) is 114 Å². The van der Waals surface area contributed by atoms with E-state index < -0.39 is 47.7 Å². The second kappa shape index (κ2) is 17.9. The van der Waals surface area contributed by atoms with Crippen LogP contribution in [0.5, 0.6) is 0 Å². The first kappa shape index (κ1) is 33.8. The zero-order valence-electron chi connectivity index (χ0n) is 25.7. The Kier molecular flexibility index (Phi) is 13.5. The second-order valence-corrected chi connectivity index (χ2v) is 18.4. The fourth-order valence-electron chi connectivity index (χ4n) is 5.86. The average molecular weight is 815 g/mol. The standard InChI is InChI=1S/C37H40NO5.ClH.Hg/c1-28-35(38(29(2)39)23-30-15-7-3-8-16-30)37(42-26-33-21-13-6-14-22-33)36(41-25-32-19-11-5-12-20-32)34(43-28)27-40-24-31-17-9-4-10-18-31;;/h3-22,28,34-37H,1,23-27H2,2H3;1H;/q;;+1/p-1/t28-,34-,35+,36-,37-;;/m1../s1. The van der Waals surface area contributed by atoms with Crippen LogP contribution in [0, 0.1) is 0 Å². The maximum atomic E-state index is 13.4. The third kappa shape index (κ3) is 9.95. The molecule has 0 unspecified atom stereocenters. The quantitative estimate of drug-likeness (QED) is 0.119. The molecule has 0 saturated carbocycles. The van der Waals surface area contributed by atoms with Gasteiger partial charge in [-0.05, 0) is 0 Å². The van der Waals surface area contributed by atoms with Crippen molar-refractivity contribution in [3.05, 3.63) is 144 Å². The zero-order valence-corrected chi connectivity index (χ0v) is 32.0. The number of amides is 1. The van der Waals surface area contributed by atoms with Crippen LogP contribution in [0.15, 0.2) is 121 Å². The van der Waals surface area contributed by atoms with Gasteiger partial charge in [-0.1, -0.05) is 0 Å². The minimum absolute atomic E-state index is 0.0439. The van der Waals surface area contributed by atoms with Crippen LogP contribution in [0.25, 0.3) is 0 Å². The summed E-state index contributed by atoms with van der Waals surface area (Å²) in [5.41, 5.74) is 4.23. The Morgan fingerprint density at radius 3 is 1.64 bits per heavy atom. The first-order chi connectivity index (χ1) is 22.1. The normalized spacial score (nSPS) is 21.2. The fourth-order valence-corrected chi connectivity index (χ4v) is 10.4. The van der Waals surface area contributed by atoms with Crippen LogP contribution in [0.2, 0.25) is 3.93 Å². The molecule has 0 bridgehead atoms. The molecular weight excluding hydrogens is 774 g/mol. The van der Waals surface area contributed by atoms with Crippen molar-refractivity contribution in [1.29, 1.82) is 0 Å². The summed E-state index contributed by atoms with van der Waals surface area (Å²) in [6.45, 7) is 3.58. The van der Waals surface area contributed by atoms with Gasteiger partial charge in [0.15, 0.2) is 0 Å². The molecule has 1 heterocycles. The Labute approximate surface area is 282 Å². The first-order valence-electron chi connectivity index (χ1n) is 15.6. The second-order valence-electron chi connectivity index (χ2n) is 11.3. The molecule has 1 aliphatic heterocycles. The van der Waals surface area contributed by atoms with E-state index in [0.29, 0.717) is 33.0 Å². The van der Waals surface area contributed by atoms with Crippen molar-refractivity contribution in [2.45, 2.75) is 67.7 Å². The Hall–Kier alpha value is -2.58. The molecule has 1 saturated heterocycles. The van der Waals surface area contributed by atoms with Crippen molar-refractivity contribution in [3.63, 3.8) is 0 Å². The molecule has 5 rings (SSSR count). The van der Waals surface area contributed by atoms with Gasteiger partial charge in [-0.15, -0.1) is 0 Å². The molecule has 8 heteroatoms. The number of nitrogens with zero attached hydrogens (tertiary/aromatic N) is 1. The number of carbonyl (C=O) groups is 1. The third-order valence-electron chi connectivity index (χ3n) is 8.08. The molecule has 1 fully saturated rings. The topological polar surface area (TPSA) is 57.2 Å². The summed E-state index contributed by atoms with van der Waals surface area (Å²) in [7, 11) is 6.61. The summed E-state index contributed by atoms with van der Waals surface area (Å²) in [6, 6.07) is 40.0. The zero-order chi connectivity index (χ0) is 31.3. The molecule has 232 valence electrons. The predicted molar refractivity (Wildman–Crippen MR) is 172 cm³/mol. The molecule has 1 aliphatic rings. The van der Waals surface area contributed by atoms with Gasteiger partial charge in [0.05, 0.1) is 0 Å². The molecule has 0 aliphatic carbocycles. The van der Waals surface area contributed by atoms with Crippen LogP contribution >= 0.6 is 8.25 Å². The van der Waals surface area contributed by atoms with Crippen molar-refractivity contribution < 1.29 is 47.1 Å². The molecule has 4 aromatic carbocycles. The van der Waals surface area contributed by atoms with Crippen LogP contribution < -0.4 is 0 Å². The van der Waals surface area contributed by atoms with E-state index >= 15 is 0 Å². The summed E-state index contributed by atoms with van der Waals surface area (Å²) in [5.74, 6) is -0.0439. The van der Waals surface area contributed by atoms with Gasteiger partial charge in [0.2, 0.25) is 0 Å². The van der Waals surface area contributed by atoms with Gasteiger partial charge in [0.1, 0.15) is 0 Å². The van der Waals surface area contributed by atoms with Crippen molar-refractivity contribution in [1.82, 2.24) is 4.90 Å². The van der Waals surface area contributed by atoms with Crippen LogP contribution in [0.4, 0.5) is 0 Å². The van der Waals surface area contributed by atoms with Gasteiger partial charge in [-0.25, -0.2) is 0 Å². The van der Waals surface area contributed by atoms with Crippen LogP contribution in [-0.2, 0) is 73.4 Å². The van der Waals surface area contributed by atoms with E-state index in [1.54, 1.807) is 6.92 Å². The molecule has 0 radical (unpaired) electrons. The minimum atomic E-state index is -1.76. The van der Waals surface area contributed by atoms with Crippen molar-refractivity contribution in [3.8, 4) is 0 Å². The van der Waals surface area contributed by atoms with Crippen LogP contribution in [0.3, 0.4) is 0 Å². The summed E-state index contributed by atoms with van der Waals surface area (Å²) in [4.78, 5) is 15.3. The molecule has 0 spiro atoms. The van der Waals surface area contributed by atoms with E-state index in [0.717, 1.165) is 26.2 Å². The van der Waals surface area contributed by atoms with Gasteiger partial charge in [-0.3, -0.25) is 0 Å². The van der Waals surface area contributed by atoms with Crippen LogP contribution in [0.1, 0.15) is 29.2 Å². The van der Waals surface area contributed by atoms with E-state index in [-0.39, 0.29) is 12.0 Å². The summed E-state index contributed by atoms with van der Waals surface area (Å²) in [5, 5.41) is 0. The first-order valence-corrected chi connectivity index (χ1v) is 26.2. The summed E-state index contributed by atoms with van der Waals surface area (Å²) >= 11 is -1.76. The Bertz CT molecular complexity index is 1420. The summed E-state index contributed by atoms with van der Waals surface area (Å²) < 4.78 is 27.5. The molecule has 6 nitrogen and oxygen atoms in total. The van der Waals surface area contributed by atoms with Crippen molar-refractivity contribution in [2.75, 3.05) is 6.61 Å². The van der Waals surface area contributed by atoms with Gasteiger partial charge < -0.3 is 0 Å². The van der Waals surface area contributed by atoms with E-state index in [4.69, 9.17) is 27.2 Å². The third-order valence-corrected chi connectivity index (χ3v) is 13.1. The van der Waals surface area contributed by atoms with E-state index in [2.05, 4.69) is 12.1 Å². The number of rotatable bonds is 15.